The van der Waals surface area contributed by atoms with E-state index in [1.807, 2.05) is 6.92 Å². The van der Waals surface area contributed by atoms with Gasteiger partial charge in [0.25, 0.3) is 0 Å². The van der Waals surface area contributed by atoms with Crippen LogP contribution in [0.15, 0.2) is 12.2 Å². The second-order valence-electron chi connectivity index (χ2n) is 4.35. The van der Waals surface area contributed by atoms with Gasteiger partial charge in [0.2, 0.25) is 0 Å². The van der Waals surface area contributed by atoms with Gasteiger partial charge in [-0.05, 0) is 19.4 Å². The van der Waals surface area contributed by atoms with Crippen molar-refractivity contribution in [3.8, 4) is 11.8 Å². The molecule has 1 nitrogen and oxygen atoms in total. The van der Waals surface area contributed by atoms with E-state index in [0.717, 1.165) is 5.57 Å². The highest BCUT2D eigenvalue weighted by molar-refractivity contribution is 6.79. The maximum Gasteiger partial charge on any atom is 0.109 e. The quantitative estimate of drug-likeness (QED) is 0.487. The standard InChI is InChI=1S/C10H18OSi/c1-9(2)7-8-10(3,11)12(4,5)6/h11H,1H2,2-6H3. The molecule has 0 saturated carbocycles. The van der Waals surface area contributed by atoms with Crippen LogP contribution >= 0.6 is 0 Å². The molecule has 0 fully saturated rings. The molecule has 0 rings (SSSR count). The molecular formula is C10H18OSi. The summed E-state index contributed by atoms with van der Waals surface area (Å²) in [4.78, 5) is 0. The van der Waals surface area contributed by atoms with E-state index in [9.17, 15) is 5.11 Å². The fraction of sp³-hybridized carbons (Fsp3) is 0.600. The summed E-state index contributed by atoms with van der Waals surface area (Å²) in [6.07, 6.45) is 0. The van der Waals surface area contributed by atoms with E-state index in [2.05, 4.69) is 38.1 Å². The molecule has 0 heterocycles. The highest BCUT2D eigenvalue weighted by atomic mass is 28.3. The molecule has 0 saturated heterocycles. The van der Waals surface area contributed by atoms with E-state index in [-0.39, 0.29) is 0 Å². The molecule has 1 N–H and O–H groups in total. The minimum atomic E-state index is -1.61. The molecular weight excluding hydrogens is 164 g/mol. The number of rotatable bonds is 1. The largest absolute Gasteiger partial charge is 0.381 e. The average molecular weight is 182 g/mol. The topological polar surface area (TPSA) is 20.2 Å². The van der Waals surface area contributed by atoms with E-state index >= 15 is 0 Å². The SMILES string of the molecule is C=C(C)C#CC(C)(O)[Si](C)(C)C. The minimum Gasteiger partial charge on any atom is -0.381 e. The van der Waals surface area contributed by atoms with Gasteiger partial charge in [-0.15, -0.1) is 0 Å². The summed E-state index contributed by atoms with van der Waals surface area (Å²) >= 11 is 0. The maximum absolute atomic E-state index is 9.95. The monoisotopic (exact) mass is 182 g/mol. The zero-order valence-electron chi connectivity index (χ0n) is 8.65. The van der Waals surface area contributed by atoms with E-state index < -0.39 is 13.3 Å². The maximum atomic E-state index is 9.95. The van der Waals surface area contributed by atoms with Crippen molar-refractivity contribution in [1.29, 1.82) is 0 Å². The lowest BCUT2D eigenvalue weighted by Crippen LogP contribution is -2.48. The van der Waals surface area contributed by atoms with Gasteiger partial charge in [0.05, 0.1) is 8.07 Å². The second-order valence-corrected chi connectivity index (χ2v) is 9.83. The predicted octanol–water partition coefficient (Wildman–Crippen LogP) is 2.19. The van der Waals surface area contributed by atoms with Crippen LogP contribution in [0.25, 0.3) is 0 Å². The fourth-order valence-corrected chi connectivity index (χ4v) is 0.853. The Morgan fingerprint density at radius 3 is 2.08 bits per heavy atom. The molecule has 0 radical (unpaired) electrons. The second kappa shape index (κ2) is 3.47. The van der Waals surface area contributed by atoms with Crippen LogP contribution in [0.1, 0.15) is 13.8 Å². The van der Waals surface area contributed by atoms with Gasteiger partial charge in [-0.25, -0.2) is 0 Å². The lowest BCUT2D eigenvalue weighted by molar-refractivity contribution is 0.197. The lowest BCUT2D eigenvalue weighted by atomic mass is 10.3. The Kier molecular flexibility index (Phi) is 3.31. The third kappa shape index (κ3) is 3.25. The summed E-state index contributed by atoms with van der Waals surface area (Å²) < 4.78 is 0. The van der Waals surface area contributed by atoms with Gasteiger partial charge in [-0.2, -0.15) is 0 Å². The summed E-state index contributed by atoms with van der Waals surface area (Å²) in [5, 5.41) is 9.13. The summed E-state index contributed by atoms with van der Waals surface area (Å²) in [5.41, 5.74) is 0.800. The Balaban J connectivity index is 4.69. The smallest absolute Gasteiger partial charge is 0.109 e. The Morgan fingerprint density at radius 1 is 1.42 bits per heavy atom. The molecule has 0 spiro atoms. The number of hydrogen-bond donors (Lipinski definition) is 1. The Labute approximate surface area is 76.5 Å². The zero-order valence-corrected chi connectivity index (χ0v) is 9.65. The van der Waals surface area contributed by atoms with Crippen molar-refractivity contribution in [2.45, 2.75) is 38.7 Å². The summed E-state index contributed by atoms with van der Waals surface area (Å²) in [6, 6.07) is 0. The first-order valence-corrected chi connectivity index (χ1v) is 7.58. The molecule has 0 aromatic heterocycles. The molecule has 2 heteroatoms. The molecule has 12 heavy (non-hydrogen) atoms. The normalized spacial score (nSPS) is 15.8. The third-order valence-electron chi connectivity index (χ3n) is 1.98. The van der Waals surface area contributed by atoms with Crippen LogP contribution in [0, 0.1) is 11.8 Å². The van der Waals surface area contributed by atoms with E-state index in [4.69, 9.17) is 0 Å². The molecule has 68 valence electrons. The molecule has 0 aromatic carbocycles. The first kappa shape index (κ1) is 11.5. The van der Waals surface area contributed by atoms with Gasteiger partial charge in [0.1, 0.15) is 5.22 Å². The van der Waals surface area contributed by atoms with Crippen molar-refractivity contribution in [1.82, 2.24) is 0 Å². The predicted molar refractivity (Wildman–Crippen MR) is 56.6 cm³/mol. The van der Waals surface area contributed by atoms with E-state index in [0.29, 0.717) is 0 Å². The van der Waals surface area contributed by atoms with Crippen molar-refractivity contribution in [3.63, 3.8) is 0 Å². The Bertz CT molecular complexity index is 235. The van der Waals surface area contributed by atoms with Crippen molar-refractivity contribution in [2.75, 3.05) is 0 Å². The van der Waals surface area contributed by atoms with Crippen LogP contribution in [-0.4, -0.2) is 18.4 Å². The first-order valence-electron chi connectivity index (χ1n) is 4.08. The van der Waals surface area contributed by atoms with Crippen LogP contribution in [0.5, 0.6) is 0 Å². The van der Waals surface area contributed by atoms with E-state index in [1.165, 1.54) is 0 Å². The van der Waals surface area contributed by atoms with Crippen molar-refractivity contribution >= 4 is 8.07 Å². The van der Waals surface area contributed by atoms with Gasteiger partial charge >= 0.3 is 0 Å². The minimum absolute atomic E-state index is 0.800. The van der Waals surface area contributed by atoms with Gasteiger partial charge in [0.15, 0.2) is 0 Å². The van der Waals surface area contributed by atoms with Crippen LogP contribution in [0.4, 0.5) is 0 Å². The molecule has 1 atom stereocenters. The fourth-order valence-electron chi connectivity index (χ4n) is 0.416. The van der Waals surface area contributed by atoms with Gasteiger partial charge < -0.3 is 5.11 Å². The van der Waals surface area contributed by atoms with Gasteiger partial charge in [-0.3, -0.25) is 0 Å². The Morgan fingerprint density at radius 2 is 1.83 bits per heavy atom. The average Bonchev–Trinajstić information content (AvgIpc) is 1.81. The summed E-state index contributed by atoms with van der Waals surface area (Å²) in [6.45, 7) is 13.6. The summed E-state index contributed by atoms with van der Waals surface area (Å²) in [5.74, 6) is 5.70. The van der Waals surface area contributed by atoms with Crippen molar-refractivity contribution in [3.05, 3.63) is 12.2 Å². The van der Waals surface area contributed by atoms with Crippen LogP contribution in [0.2, 0.25) is 19.6 Å². The van der Waals surface area contributed by atoms with Crippen LogP contribution in [0.3, 0.4) is 0 Å². The van der Waals surface area contributed by atoms with Crippen molar-refractivity contribution in [2.24, 2.45) is 0 Å². The van der Waals surface area contributed by atoms with Crippen LogP contribution in [-0.2, 0) is 0 Å². The molecule has 0 bridgehead atoms. The molecule has 0 aliphatic carbocycles. The molecule has 1 unspecified atom stereocenters. The number of hydrogen-bond acceptors (Lipinski definition) is 1. The Hall–Kier alpha value is -0.523. The highest BCUT2D eigenvalue weighted by Crippen LogP contribution is 2.18. The molecule has 0 aliphatic rings. The van der Waals surface area contributed by atoms with Crippen molar-refractivity contribution < 1.29 is 5.11 Å². The third-order valence-corrected chi connectivity index (χ3v) is 5.03. The van der Waals surface area contributed by atoms with Gasteiger partial charge in [-0.1, -0.05) is 38.1 Å². The van der Waals surface area contributed by atoms with E-state index in [1.54, 1.807) is 6.92 Å². The first-order chi connectivity index (χ1) is 5.17. The molecule has 0 amide bonds. The zero-order chi connectivity index (χ0) is 9.99. The summed E-state index contributed by atoms with van der Waals surface area (Å²) in [7, 11) is -1.61. The van der Waals surface area contributed by atoms with Gasteiger partial charge in [0, 0.05) is 0 Å². The van der Waals surface area contributed by atoms with Crippen LogP contribution < -0.4 is 0 Å². The number of allylic oxidation sites excluding steroid dienone is 1. The lowest BCUT2D eigenvalue weighted by Gasteiger charge is -2.30. The number of aliphatic hydroxyl groups is 1. The molecule has 0 aliphatic heterocycles. The highest BCUT2D eigenvalue weighted by Gasteiger charge is 2.35. The molecule has 0 aromatic rings.